The van der Waals surface area contributed by atoms with Gasteiger partial charge in [-0.05, 0) is 42.9 Å². The van der Waals surface area contributed by atoms with E-state index >= 15 is 0 Å². The third-order valence-corrected chi connectivity index (χ3v) is 7.90. The van der Waals surface area contributed by atoms with E-state index in [1.54, 1.807) is 45.3 Å². The summed E-state index contributed by atoms with van der Waals surface area (Å²) in [6.07, 6.45) is 2.69. The summed E-state index contributed by atoms with van der Waals surface area (Å²) in [5.74, 6) is 0.115. The first-order valence-corrected chi connectivity index (χ1v) is 12.3. The molecule has 0 aliphatic carbocycles. The molecule has 2 atom stereocenters. The lowest BCUT2D eigenvalue weighted by Crippen LogP contribution is -2.49. The van der Waals surface area contributed by atoms with Crippen LogP contribution in [0.15, 0.2) is 52.2 Å². The van der Waals surface area contributed by atoms with Crippen LogP contribution in [0.2, 0.25) is 0 Å². The largest absolute Gasteiger partial charge is 0.321 e. The van der Waals surface area contributed by atoms with Gasteiger partial charge in [0.05, 0.1) is 10.6 Å². The Labute approximate surface area is 174 Å². The molecule has 1 fully saturated rings. The molecular weight excluding hydrogens is 410 g/mol. The highest BCUT2D eigenvalue weighted by Crippen LogP contribution is 2.37. The van der Waals surface area contributed by atoms with Crippen LogP contribution >= 0.6 is 11.8 Å². The molecule has 2 aliphatic heterocycles. The van der Waals surface area contributed by atoms with E-state index in [1.165, 1.54) is 11.8 Å². The Balaban J connectivity index is 1.62. The van der Waals surface area contributed by atoms with E-state index in [9.17, 15) is 18.0 Å². The lowest BCUT2D eigenvalue weighted by molar-refractivity contribution is -0.113. The van der Waals surface area contributed by atoms with Crippen molar-refractivity contribution in [1.29, 1.82) is 0 Å². The number of hydrogen-bond acceptors (Lipinski definition) is 5. The number of thioether (sulfide) groups is 1. The van der Waals surface area contributed by atoms with Crippen LogP contribution in [0.5, 0.6) is 0 Å². The summed E-state index contributed by atoms with van der Waals surface area (Å²) in [7, 11) is -3.56. The Morgan fingerprint density at radius 3 is 2.62 bits per heavy atom. The summed E-state index contributed by atoms with van der Waals surface area (Å²) < 4.78 is 29.3. The first-order valence-electron chi connectivity index (χ1n) is 9.48. The van der Waals surface area contributed by atoms with E-state index < -0.39 is 10.0 Å². The number of piperidine rings is 1. The monoisotopic (exact) mass is 433 g/mol. The minimum absolute atomic E-state index is 0.0374. The van der Waals surface area contributed by atoms with Gasteiger partial charge >= 0.3 is 0 Å². The highest BCUT2D eigenvalue weighted by atomic mass is 32.2. The molecule has 1 saturated heterocycles. The summed E-state index contributed by atoms with van der Waals surface area (Å²) in [5, 5.41) is 2.68. The van der Waals surface area contributed by atoms with E-state index in [1.807, 2.05) is 12.3 Å². The standard InChI is InChI=1S/C20H23N3O4S2/c1-28-13-19(24)21-17-7-8-18-15-9-14(11-23(18)20(17)25)10-22(12-15)29(26,27)16-5-3-2-4-6-16/h2-8,14-15H,9-13H2,1H3,(H,21,24)/t14-,15-/m1/s1. The number of fused-ring (bicyclic) bond motifs is 4. The molecule has 1 aromatic heterocycles. The molecule has 2 aliphatic rings. The molecule has 0 saturated carbocycles. The Hall–Kier alpha value is -2.10. The van der Waals surface area contributed by atoms with Crippen LogP contribution in [0.3, 0.4) is 0 Å². The molecule has 9 heteroatoms. The number of anilines is 1. The van der Waals surface area contributed by atoms with Crippen LogP contribution in [-0.4, -0.2) is 48.3 Å². The molecule has 0 unspecified atom stereocenters. The van der Waals surface area contributed by atoms with Crippen molar-refractivity contribution < 1.29 is 13.2 Å². The highest BCUT2D eigenvalue weighted by Gasteiger charge is 2.39. The van der Waals surface area contributed by atoms with Crippen molar-refractivity contribution in [1.82, 2.24) is 8.87 Å². The van der Waals surface area contributed by atoms with Gasteiger partial charge in [0.2, 0.25) is 15.9 Å². The lowest BCUT2D eigenvalue weighted by Gasteiger charge is -2.42. The number of carbonyl (C=O) groups is 1. The molecule has 3 heterocycles. The summed E-state index contributed by atoms with van der Waals surface area (Å²) in [6.45, 7) is 1.20. The van der Waals surface area contributed by atoms with Crippen LogP contribution in [0.1, 0.15) is 18.0 Å². The Morgan fingerprint density at radius 2 is 1.90 bits per heavy atom. The molecule has 29 heavy (non-hydrogen) atoms. The van der Waals surface area contributed by atoms with Crippen LogP contribution in [-0.2, 0) is 21.4 Å². The number of carbonyl (C=O) groups excluding carboxylic acids is 1. The second kappa shape index (κ2) is 7.97. The zero-order valence-corrected chi connectivity index (χ0v) is 17.7. The maximum absolute atomic E-state index is 13.0. The van der Waals surface area contributed by atoms with E-state index in [4.69, 9.17) is 0 Å². The van der Waals surface area contributed by atoms with E-state index in [0.29, 0.717) is 30.3 Å². The number of sulfonamides is 1. The molecule has 0 spiro atoms. The average molecular weight is 434 g/mol. The fraction of sp³-hybridized carbons (Fsp3) is 0.400. The van der Waals surface area contributed by atoms with E-state index in [-0.39, 0.29) is 29.0 Å². The van der Waals surface area contributed by atoms with Gasteiger partial charge in [-0.2, -0.15) is 16.1 Å². The van der Waals surface area contributed by atoms with Gasteiger partial charge in [0.25, 0.3) is 5.56 Å². The zero-order chi connectivity index (χ0) is 20.6. The van der Waals surface area contributed by atoms with E-state index in [2.05, 4.69) is 5.32 Å². The first kappa shape index (κ1) is 20.2. The summed E-state index contributed by atoms with van der Waals surface area (Å²) in [5.41, 5.74) is 0.898. The Kier molecular flexibility index (Phi) is 5.54. The molecule has 2 aromatic rings. The molecule has 1 amide bonds. The van der Waals surface area contributed by atoms with Gasteiger partial charge < -0.3 is 9.88 Å². The first-order chi connectivity index (χ1) is 13.9. The van der Waals surface area contributed by atoms with Gasteiger partial charge in [0, 0.05) is 31.2 Å². The molecule has 7 nitrogen and oxygen atoms in total. The normalized spacial score (nSPS) is 21.4. The third kappa shape index (κ3) is 3.86. The van der Waals surface area contributed by atoms with Gasteiger partial charge in [-0.1, -0.05) is 18.2 Å². The molecular formula is C20H23N3O4S2. The lowest BCUT2D eigenvalue weighted by atomic mass is 9.84. The minimum atomic E-state index is -3.56. The van der Waals surface area contributed by atoms with Crippen molar-refractivity contribution >= 4 is 33.4 Å². The third-order valence-electron chi connectivity index (χ3n) is 5.50. The minimum Gasteiger partial charge on any atom is -0.321 e. The maximum atomic E-state index is 13.0. The predicted octanol–water partition coefficient (Wildman–Crippen LogP) is 1.96. The van der Waals surface area contributed by atoms with Crippen LogP contribution < -0.4 is 10.9 Å². The molecule has 0 radical (unpaired) electrons. The second-order valence-corrected chi connectivity index (χ2v) is 10.3. The number of nitrogens with one attached hydrogen (secondary N) is 1. The van der Waals surface area contributed by atoms with Crippen molar-refractivity contribution in [3.05, 3.63) is 58.5 Å². The Bertz CT molecular complexity index is 1080. The smallest absolute Gasteiger partial charge is 0.274 e. The number of nitrogens with zero attached hydrogens (tertiary/aromatic N) is 2. The van der Waals surface area contributed by atoms with Gasteiger partial charge in [-0.3, -0.25) is 9.59 Å². The summed E-state index contributed by atoms with van der Waals surface area (Å²) >= 11 is 1.39. The topological polar surface area (TPSA) is 88.5 Å². The SMILES string of the molecule is CSCC(=O)Nc1ccc2n(c1=O)C[C@@H]1C[C@@H]2CN(S(=O)(=O)c2ccccc2)C1. The summed E-state index contributed by atoms with van der Waals surface area (Å²) in [4.78, 5) is 25.1. The quantitative estimate of drug-likeness (QED) is 0.779. The molecule has 154 valence electrons. The van der Waals surface area contributed by atoms with E-state index in [0.717, 1.165) is 12.1 Å². The van der Waals surface area contributed by atoms with Gasteiger partial charge in [0.15, 0.2) is 0 Å². The number of aromatic nitrogens is 1. The summed E-state index contributed by atoms with van der Waals surface area (Å²) in [6, 6.07) is 11.9. The zero-order valence-electron chi connectivity index (χ0n) is 16.1. The van der Waals surface area contributed by atoms with Gasteiger partial charge in [-0.15, -0.1) is 0 Å². The molecule has 1 aromatic carbocycles. The predicted molar refractivity (Wildman–Crippen MR) is 114 cm³/mol. The molecule has 1 N–H and O–H groups in total. The molecule has 2 bridgehead atoms. The van der Waals surface area contributed by atoms with Crippen molar-refractivity contribution in [3.8, 4) is 0 Å². The number of pyridine rings is 1. The van der Waals surface area contributed by atoms with Crippen molar-refractivity contribution in [3.63, 3.8) is 0 Å². The Morgan fingerprint density at radius 1 is 1.14 bits per heavy atom. The highest BCUT2D eigenvalue weighted by molar-refractivity contribution is 7.99. The van der Waals surface area contributed by atoms with Gasteiger partial charge in [0.1, 0.15) is 5.69 Å². The fourth-order valence-corrected chi connectivity index (χ4v) is 6.17. The average Bonchev–Trinajstić information content (AvgIpc) is 2.71. The second-order valence-electron chi connectivity index (χ2n) is 7.50. The van der Waals surface area contributed by atoms with Crippen LogP contribution in [0, 0.1) is 5.92 Å². The maximum Gasteiger partial charge on any atom is 0.274 e. The van der Waals surface area contributed by atoms with Crippen molar-refractivity contribution in [2.24, 2.45) is 5.92 Å². The number of hydrogen-bond donors (Lipinski definition) is 1. The van der Waals surface area contributed by atoms with Gasteiger partial charge in [-0.25, -0.2) is 8.42 Å². The number of benzene rings is 1. The van der Waals surface area contributed by atoms with Crippen molar-refractivity contribution in [2.75, 3.05) is 30.4 Å². The van der Waals surface area contributed by atoms with Crippen LogP contribution in [0.25, 0.3) is 0 Å². The van der Waals surface area contributed by atoms with Crippen molar-refractivity contribution in [2.45, 2.75) is 23.8 Å². The fourth-order valence-electron chi connectivity index (χ4n) is 4.25. The van der Waals surface area contributed by atoms with Crippen LogP contribution in [0.4, 0.5) is 5.69 Å². The number of amides is 1. The molecule has 4 rings (SSSR count). The number of rotatable bonds is 5.